The first-order chi connectivity index (χ1) is 10.2. The second-order valence-electron chi connectivity index (χ2n) is 4.66. The normalized spacial score (nSPS) is 11.9. The van der Waals surface area contributed by atoms with Crippen LogP contribution in [0.5, 0.6) is 0 Å². The molecule has 2 N–H and O–H groups in total. The maximum atomic E-state index is 12.3. The van der Waals surface area contributed by atoms with E-state index >= 15 is 0 Å². The Labute approximate surface area is 132 Å². The number of aliphatic hydroxyl groups excluding tert-OH is 1. The Kier molecular flexibility index (Phi) is 5.90. The van der Waals surface area contributed by atoms with Gasteiger partial charge < -0.3 is 10.4 Å². The Morgan fingerprint density at radius 2 is 2.00 bits per heavy atom. The minimum Gasteiger partial charge on any atom is -0.396 e. The van der Waals surface area contributed by atoms with Crippen LogP contribution in [-0.4, -0.2) is 22.6 Å². The number of rotatable bonds is 6. The van der Waals surface area contributed by atoms with Crippen molar-refractivity contribution in [2.24, 2.45) is 0 Å². The van der Waals surface area contributed by atoms with Crippen molar-refractivity contribution in [3.05, 3.63) is 64.4 Å². The van der Waals surface area contributed by atoms with Gasteiger partial charge in [-0.1, -0.05) is 30.3 Å². The quantitative estimate of drug-likeness (QED) is 0.843. The Bertz CT molecular complexity index is 573. The van der Waals surface area contributed by atoms with E-state index in [4.69, 9.17) is 5.11 Å². The van der Waals surface area contributed by atoms with Gasteiger partial charge in [-0.25, -0.2) is 4.98 Å². The highest BCUT2D eigenvalue weighted by atomic mass is 79.9. The topological polar surface area (TPSA) is 62.2 Å². The van der Waals surface area contributed by atoms with Crippen LogP contribution in [0.3, 0.4) is 0 Å². The van der Waals surface area contributed by atoms with Crippen molar-refractivity contribution in [1.82, 2.24) is 10.3 Å². The number of hydrogen-bond donors (Lipinski definition) is 2. The molecule has 0 fully saturated rings. The van der Waals surface area contributed by atoms with Gasteiger partial charge in [-0.15, -0.1) is 0 Å². The number of carbonyl (C=O) groups is 1. The standard InChI is InChI=1S/C16H17BrN2O2/c17-13-8-9-15(18-11-13)16(21)19-14(7-4-10-20)12-5-2-1-3-6-12/h1-3,5-6,8-9,11,14,20H,4,7,10H2,(H,19,21)/t14-/m1/s1. The summed E-state index contributed by atoms with van der Waals surface area (Å²) in [4.78, 5) is 16.3. The lowest BCUT2D eigenvalue weighted by Gasteiger charge is -2.18. The maximum Gasteiger partial charge on any atom is 0.270 e. The predicted molar refractivity (Wildman–Crippen MR) is 84.9 cm³/mol. The van der Waals surface area contributed by atoms with Gasteiger partial charge in [0.05, 0.1) is 6.04 Å². The van der Waals surface area contributed by atoms with E-state index in [-0.39, 0.29) is 18.6 Å². The zero-order valence-electron chi connectivity index (χ0n) is 11.5. The van der Waals surface area contributed by atoms with Crippen LogP contribution < -0.4 is 5.32 Å². The Hall–Kier alpha value is -1.72. The molecule has 1 aromatic carbocycles. The number of benzene rings is 1. The van der Waals surface area contributed by atoms with Gasteiger partial charge >= 0.3 is 0 Å². The third kappa shape index (κ3) is 4.65. The van der Waals surface area contributed by atoms with Crippen LogP contribution in [0.1, 0.15) is 34.9 Å². The first kappa shape index (κ1) is 15.7. The van der Waals surface area contributed by atoms with Crippen molar-refractivity contribution in [1.29, 1.82) is 0 Å². The Morgan fingerprint density at radius 1 is 1.24 bits per heavy atom. The van der Waals surface area contributed by atoms with E-state index in [0.29, 0.717) is 18.5 Å². The first-order valence-electron chi connectivity index (χ1n) is 6.79. The largest absolute Gasteiger partial charge is 0.396 e. The highest BCUT2D eigenvalue weighted by molar-refractivity contribution is 9.10. The zero-order chi connectivity index (χ0) is 15.1. The molecule has 2 aromatic rings. The monoisotopic (exact) mass is 348 g/mol. The molecule has 0 spiro atoms. The van der Waals surface area contributed by atoms with Crippen molar-refractivity contribution >= 4 is 21.8 Å². The van der Waals surface area contributed by atoms with Gasteiger partial charge in [-0.2, -0.15) is 0 Å². The van der Waals surface area contributed by atoms with E-state index in [0.717, 1.165) is 10.0 Å². The lowest BCUT2D eigenvalue weighted by atomic mass is 10.0. The molecule has 1 atom stereocenters. The van der Waals surface area contributed by atoms with Crippen LogP contribution in [0.4, 0.5) is 0 Å². The SMILES string of the molecule is O=C(N[C@H](CCCO)c1ccccc1)c1ccc(Br)cn1. The number of aromatic nitrogens is 1. The molecule has 4 nitrogen and oxygen atoms in total. The average Bonchev–Trinajstić information content (AvgIpc) is 2.52. The molecule has 0 aliphatic carbocycles. The lowest BCUT2D eigenvalue weighted by Crippen LogP contribution is -2.29. The third-order valence-corrected chi connectivity index (χ3v) is 3.59. The molecule has 0 aliphatic rings. The van der Waals surface area contributed by atoms with Crippen molar-refractivity contribution in [3.8, 4) is 0 Å². The van der Waals surface area contributed by atoms with Gasteiger partial charge in [-0.05, 0) is 46.5 Å². The van der Waals surface area contributed by atoms with Gasteiger partial charge in [0.25, 0.3) is 5.91 Å². The number of nitrogens with zero attached hydrogens (tertiary/aromatic N) is 1. The molecule has 1 heterocycles. The van der Waals surface area contributed by atoms with E-state index in [9.17, 15) is 4.79 Å². The number of hydrogen-bond acceptors (Lipinski definition) is 3. The summed E-state index contributed by atoms with van der Waals surface area (Å²) in [5, 5.41) is 12.0. The molecule has 0 unspecified atom stereocenters. The number of amides is 1. The molecule has 1 amide bonds. The molecule has 0 aliphatic heterocycles. The van der Waals surface area contributed by atoms with Crippen LogP contribution in [0.2, 0.25) is 0 Å². The van der Waals surface area contributed by atoms with Crippen molar-refractivity contribution in [2.45, 2.75) is 18.9 Å². The number of nitrogens with one attached hydrogen (secondary N) is 1. The Balaban J connectivity index is 2.11. The maximum absolute atomic E-state index is 12.3. The van der Waals surface area contributed by atoms with Gasteiger partial charge in [0, 0.05) is 17.3 Å². The summed E-state index contributed by atoms with van der Waals surface area (Å²) < 4.78 is 0.832. The Morgan fingerprint density at radius 3 is 2.62 bits per heavy atom. The van der Waals surface area contributed by atoms with E-state index in [1.165, 1.54) is 0 Å². The minimum atomic E-state index is -0.214. The fraction of sp³-hybridized carbons (Fsp3) is 0.250. The molecule has 0 radical (unpaired) electrons. The predicted octanol–water partition coefficient (Wildman–Crippen LogP) is 3.09. The van der Waals surface area contributed by atoms with Gasteiger partial charge in [0.15, 0.2) is 0 Å². The van der Waals surface area contributed by atoms with E-state index in [1.54, 1.807) is 18.3 Å². The van der Waals surface area contributed by atoms with Gasteiger partial charge in [0.2, 0.25) is 0 Å². The summed E-state index contributed by atoms with van der Waals surface area (Å²) in [5.74, 6) is -0.214. The molecule has 110 valence electrons. The van der Waals surface area contributed by atoms with Crippen molar-refractivity contribution < 1.29 is 9.90 Å². The molecular formula is C16H17BrN2O2. The zero-order valence-corrected chi connectivity index (χ0v) is 13.1. The molecular weight excluding hydrogens is 332 g/mol. The lowest BCUT2D eigenvalue weighted by molar-refractivity contribution is 0.0927. The minimum absolute atomic E-state index is 0.107. The fourth-order valence-corrected chi connectivity index (χ4v) is 2.28. The molecule has 0 saturated carbocycles. The second kappa shape index (κ2) is 7.90. The van der Waals surface area contributed by atoms with Crippen LogP contribution >= 0.6 is 15.9 Å². The van der Waals surface area contributed by atoms with Crippen LogP contribution in [-0.2, 0) is 0 Å². The fourth-order valence-electron chi connectivity index (χ4n) is 2.05. The number of halogens is 1. The summed E-state index contributed by atoms with van der Waals surface area (Å²) in [7, 11) is 0. The van der Waals surface area contributed by atoms with Crippen LogP contribution in [0.15, 0.2) is 53.1 Å². The third-order valence-electron chi connectivity index (χ3n) is 3.12. The highest BCUT2D eigenvalue weighted by Crippen LogP contribution is 2.19. The van der Waals surface area contributed by atoms with E-state index in [2.05, 4.69) is 26.2 Å². The van der Waals surface area contributed by atoms with Crippen LogP contribution in [0.25, 0.3) is 0 Å². The smallest absolute Gasteiger partial charge is 0.270 e. The molecule has 1 aromatic heterocycles. The van der Waals surface area contributed by atoms with E-state index in [1.807, 2.05) is 30.3 Å². The number of aliphatic hydroxyl groups is 1. The van der Waals surface area contributed by atoms with E-state index < -0.39 is 0 Å². The molecule has 2 rings (SSSR count). The number of carbonyl (C=O) groups excluding carboxylic acids is 1. The molecule has 21 heavy (non-hydrogen) atoms. The average molecular weight is 349 g/mol. The van der Waals surface area contributed by atoms with Crippen molar-refractivity contribution in [3.63, 3.8) is 0 Å². The highest BCUT2D eigenvalue weighted by Gasteiger charge is 2.16. The van der Waals surface area contributed by atoms with Gasteiger partial charge in [-0.3, -0.25) is 4.79 Å². The summed E-state index contributed by atoms with van der Waals surface area (Å²) in [5.41, 5.74) is 1.40. The summed E-state index contributed by atoms with van der Waals surface area (Å²) in [6, 6.07) is 13.1. The molecule has 5 heteroatoms. The van der Waals surface area contributed by atoms with Crippen LogP contribution in [0, 0.1) is 0 Å². The summed E-state index contributed by atoms with van der Waals surface area (Å²) in [6.45, 7) is 0.107. The second-order valence-corrected chi connectivity index (χ2v) is 5.58. The molecule has 0 bridgehead atoms. The first-order valence-corrected chi connectivity index (χ1v) is 7.58. The summed E-state index contributed by atoms with van der Waals surface area (Å²) in [6.07, 6.45) is 2.91. The van der Waals surface area contributed by atoms with Crippen molar-refractivity contribution in [2.75, 3.05) is 6.61 Å². The molecule has 0 saturated heterocycles. The number of pyridine rings is 1. The van der Waals surface area contributed by atoms with Gasteiger partial charge in [0.1, 0.15) is 5.69 Å². The summed E-state index contributed by atoms with van der Waals surface area (Å²) >= 11 is 3.29.